The maximum absolute atomic E-state index is 14.3. The zero-order valence-corrected chi connectivity index (χ0v) is 15.2. The van der Waals surface area contributed by atoms with Crippen molar-refractivity contribution >= 4 is 34.0 Å². The fraction of sp³-hybridized carbons (Fsp3) is 0.0476. The van der Waals surface area contributed by atoms with Crippen molar-refractivity contribution in [3.05, 3.63) is 77.6 Å². The van der Waals surface area contributed by atoms with E-state index in [2.05, 4.69) is 15.3 Å². The number of aromatic nitrogens is 2. The zero-order chi connectivity index (χ0) is 18.8. The fourth-order valence-electron chi connectivity index (χ4n) is 2.78. The van der Waals surface area contributed by atoms with E-state index in [-0.39, 0.29) is 10.7 Å². The zero-order valence-electron chi connectivity index (χ0n) is 14.4. The lowest BCUT2D eigenvalue weighted by atomic mass is 10.1. The Morgan fingerprint density at radius 1 is 0.963 bits per heavy atom. The van der Waals surface area contributed by atoms with E-state index in [1.54, 1.807) is 25.3 Å². The number of anilines is 2. The topological polar surface area (TPSA) is 47.0 Å². The maximum atomic E-state index is 14.3. The van der Waals surface area contributed by atoms with E-state index in [0.717, 1.165) is 5.56 Å². The highest BCUT2D eigenvalue weighted by atomic mass is 35.5. The molecular weight excluding hydrogens is 365 g/mol. The largest absolute Gasteiger partial charge is 0.497 e. The van der Waals surface area contributed by atoms with E-state index in [1.165, 1.54) is 6.07 Å². The molecule has 3 aromatic carbocycles. The normalized spacial score (nSPS) is 10.8. The summed E-state index contributed by atoms with van der Waals surface area (Å²) in [7, 11) is 1.58. The van der Waals surface area contributed by atoms with E-state index >= 15 is 0 Å². The standard InChI is InChI=1S/C21H15ClFN3O/c1-27-14-10-11-18-15(12-14)21(25-19-16(22)8-5-9-17(19)23)26-20(24-18)13-6-3-2-4-7-13/h2-12H,1H3,(H,24,25,26). The molecule has 0 spiro atoms. The summed E-state index contributed by atoms with van der Waals surface area (Å²) in [5.41, 5.74) is 1.73. The Morgan fingerprint density at radius 2 is 1.78 bits per heavy atom. The lowest BCUT2D eigenvalue weighted by molar-refractivity contribution is 0.415. The monoisotopic (exact) mass is 379 g/mol. The number of fused-ring (bicyclic) bond motifs is 1. The van der Waals surface area contributed by atoms with Gasteiger partial charge in [0.1, 0.15) is 17.4 Å². The van der Waals surface area contributed by atoms with Gasteiger partial charge in [-0.1, -0.05) is 48.0 Å². The summed E-state index contributed by atoms with van der Waals surface area (Å²) >= 11 is 6.18. The molecule has 0 atom stereocenters. The van der Waals surface area contributed by atoms with Crippen molar-refractivity contribution in [2.24, 2.45) is 0 Å². The summed E-state index contributed by atoms with van der Waals surface area (Å²) < 4.78 is 19.6. The molecule has 134 valence electrons. The predicted octanol–water partition coefficient (Wildman–Crippen LogP) is 5.84. The Morgan fingerprint density at radius 3 is 2.52 bits per heavy atom. The first-order valence-electron chi connectivity index (χ1n) is 8.28. The van der Waals surface area contributed by atoms with Gasteiger partial charge in [-0.25, -0.2) is 14.4 Å². The highest BCUT2D eigenvalue weighted by molar-refractivity contribution is 6.33. The second-order valence-corrected chi connectivity index (χ2v) is 6.27. The van der Waals surface area contributed by atoms with Gasteiger partial charge in [0.05, 0.1) is 23.3 Å². The van der Waals surface area contributed by atoms with Gasteiger partial charge in [-0.3, -0.25) is 0 Å². The molecule has 6 heteroatoms. The van der Waals surface area contributed by atoms with Crippen LogP contribution in [0.25, 0.3) is 22.3 Å². The Hall–Kier alpha value is -3.18. The average Bonchev–Trinajstić information content (AvgIpc) is 2.71. The van der Waals surface area contributed by atoms with Gasteiger partial charge in [0.15, 0.2) is 5.82 Å². The maximum Gasteiger partial charge on any atom is 0.162 e. The third-order valence-electron chi connectivity index (χ3n) is 4.14. The van der Waals surface area contributed by atoms with Crippen LogP contribution in [-0.4, -0.2) is 17.1 Å². The number of hydrogen-bond donors (Lipinski definition) is 1. The number of para-hydroxylation sites is 1. The third kappa shape index (κ3) is 3.41. The fourth-order valence-corrected chi connectivity index (χ4v) is 2.99. The first-order chi connectivity index (χ1) is 13.2. The summed E-state index contributed by atoms with van der Waals surface area (Å²) in [6.07, 6.45) is 0. The van der Waals surface area contributed by atoms with E-state index in [0.29, 0.717) is 28.3 Å². The summed E-state index contributed by atoms with van der Waals surface area (Å²) in [5.74, 6) is 1.17. The molecular formula is C21H15ClFN3O. The lowest BCUT2D eigenvalue weighted by Gasteiger charge is -2.13. The molecule has 1 heterocycles. The molecule has 0 amide bonds. The molecule has 0 saturated carbocycles. The van der Waals surface area contributed by atoms with Crippen LogP contribution < -0.4 is 10.1 Å². The molecule has 0 aliphatic carbocycles. The SMILES string of the molecule is COc1ccc2nc(-c3ccccc3)nc(Nc3c(F)cccc3Cl)c2c1. The van der Waals surface area contributed by atoms with Gasteiger partial charge in [-0.05, 0) is 30.3 Å². The molecule has 4 nitrogen and oxygen atoms in total. The van der Waals surface area contributed by atoms with Gasteiger partial charge in [0.25, 0.3) is 0 Å². The van der Waals surface area contributed by atoms with Crippen LogP contribution in [0.2, 0.25) is 5.02 Å². The molecule has 0 aliphatic rings. The van der Waals surface area contributed by atoms with Crippen molar-refractivity contribution in [1.29, 1.82) is 0 Å². The van der Waals surface area contributed by atoms with E-state index < -0.39 is 5.82 Å². The molecule has 0 bridgehead atoms. The van der Waals surface area contributed by atoms with E-state index in [9.17, 15) is 4.39 Å². The molecule has 1 aromatic heterocycles. The number of benzene rings is 3. The van der Waals surface area contributed by atoms with Gasteiger partial charge in [-0.15, -0.1) is 0 Å². The summed E-state index contributed by atoms with van der Waals surface area (Å²) in [6.45, 7) is 0. The first-order valence-corrected chi connectivity index (χ1v) is 8.66. The summed E-state index contributed by atoms with van der Waals surface area (Å²) in [6, 6.07) is 19.6. The van der Waals surface area contributed by atoms with Gasteiger partial charge in [0, 0.05) is 10.9 Å². The Bertz CT molecular complexity index is 1100. The summed E-state index contributed by atoms with van der Waals surface area (Å²) in [4.78, 5) is 9.26. The highest BCUT2D eigenvalue weighted by Gasteiger charge is 2.14. The number of ether oxygens (including phenoxy) is 1. The van der Waals surface area contributed by atoms with E-state index in [1.807, 2.05) is 42.5 Å². The smallest absolute Gasteiger partial charge is 0.162 e. The molecule has 27 heavy (non-hydrogen) atoms. The van der Waals surface area contributed by atoms with Crippen LogP contribution in [0.15, 0.2) is 66.7 Å². The second kappa shape index (κ2) is 7.21. The number of halogens is 2. The molecule has 0 aliphatic heterocycles. The van der Waals surface area contributed by atoms with Crippen LogP contribution in [0.3, 0.4) is 0 Å². The number of hydrogen-bond acceptors (Lipinski definition) is 4. The minimum atomic E-state index is -0.460. The Labute approximate surface area is 160 Å². The molecule has 0 radical (unpaired) electrons. The predicted molar refractivity (Wildman–Crippen MR) is 106 cm³/mol. The summed E-state index contributed by atoms with van der Waals surface area (Å²) in [5, 5.41) is 4.00. The highest BCUT2D eigenvalue weighted by Crippen LogP contribution is 2.33. The van der Waals surface area contributed by atoms with Crippen molar-refractivity contribution in [2.45, 2.75) is 0 Å². The molecule has 0 saturated heterocycles. The Balaban J connectivity index is 1.93. The molecule has 4 rings (SSSR count). The first kappa shape index (κ1) is 17.2. The van der Waals surface area contributed by atoms with Crippen LogP contribution in [0.5, 0.6) is 5.75 Å². The van der Waals surface area contributed by atoms with Gasteiger partial charge < -0.3 is 10.1 Å². The van der Waals surface area contributed by atoms with Gasteiger partial charge >= 0.3 is 0 Å². The average molecular weight is 380 g/mol. The van der Waals surface area contributed by atoms with Crippen molar-refractivity contribution in [3.63, 3.8) is 0 Å². The van der Waals surface area contributed by atoms with Gasteiger partial charge in [0.2, 0.25) is 0 Å². The Kier molecular flexibility index (Phi) is 4.60. The number of nitrogens with one attached hydrogen (secondary N) is 1. The van der Waals surface area contributed by atoms with Crippen molar-refractivity contribution in [2.75, 3.05) is 12.4 Å². The molecule has 4 aromatic rings. The minimum Gasteiger partial charge on any atom is -0.497 e. The van der Waals surface area contributed by atoms with Gasteiger partial charge in [-0.2, -0.15) is 0 Å². The second-order valence-electron chi connectivity index (χ2n) is 5.87. The minimum absolute atomic E-state index is 0.168. The van der Waals surface area contributed by atoms with Crippen LogP contribution in [0.4, 0.5) is 15.9 Å². The molecule has 0 unspecified atom stereocenters. The number of rotatable bonds is 4. The van der Waals surface area contributed by atoms with Crippen LogP contribution in [0.1, 0.15) is 0 Å². The third-order valence-corrected chi connectivity index (χ3v) is 4.46. The van der Waals surface area contributed by atoms with Crippen molar-refractivity contribution in [1.82, 2.24) is 9.97 Å². The molecule has 0 fully saturated rings. The number of nitrogens with zero attached hydrogens (tertiary/aromatic N) is 2. The quantitative estimate of drug-likeness (QED) is 0.483. The van der Waals surface area contributed by atoms with Crippen molar-refractivity contribution in [3.8, 4) is 17.1 Å². The number of methoxy groups -OCH3 is 1. The molecule has 1 N–H and O–H groups in total. The van der Waals surface area contributed by atoms with Crippen LogP contribution in [-0.2, 0) is 0 Å². The van der Waals surface area contributed by atoms with Crippen molar-refractivity contribution < 1.29 is 9.13 Å². The van der Waals surface area contributed by atoms with Crippen LogP contribution >= 0.6 is 11.6 Å². The lowest BCUT2D eigenvalue weighted by Crippen LogP contribution is -2.01. The van der Waals surface area contributed by atoms with E-state index in [4.69, 9.17) is 16.3 Å². The van der Waals surface area contributed by atoms with Crippen LogP contribution in [0, 0.1) is 5.82 Å².